The minimum absolute atomic E-state index is 0.00239. The fraction of sp³-hybridized carbons (Fsp3) is 0.579. The van der Waals surface area contributed by atoms with E-state index in [0.717, 1.165) is 31.5 Å². The number of nitrogens with zero attached hydrogens (tertiary/aromatic N) is 2. The molecule has 1 atom stereocenters. The van der Waals surface area contributed by atoms with E-state index < -0.39 is 0 Å². The second-order valence-corrected chi connectivity index (χ2v) is 7.05. The lowest BCUT2D eigenvalue weighted by molar-refractivity contribution is -0.129. The van der Waals surface area contributed by atoms with Crippen LogP contribution < -0.4 is 5.32 Å². The van der Waals surface area contributed by atoms with E-state index >= 15 is 0 Å². The quantitative estimate of drug-likeness (QED) is 0.829. The van der Waals surface area contributed by atoms with Gasteiger partial charge in [-0.25, -0.2) is 0 Å². The van der Waals surface area contributed by atoms with Gasteiger partial charge in [-0.1, -0.05) is 31.2 Å². The molecule has 0 aromatic heterocycles. The topological polar surface area (TPSA) is 52.7 Å². The Morgan fingerprint density at radius 3 is 2.79 bits per heavy atom. The lowest BCUT2D eigenvalue weighted by atomic mass is 10.1. The standard InChI is InChI=1S/C19H27N3O2/c1-3-21(2)12-15-6-4-5-14(9-15)11-20-19(24)16-10-18(23)22(13-16)17-7-8-17/h4-6,9,16-17H,3,7-8,10-13H2,1-2H3,(H,20,24)/t16-/m1/s1. The first-order valence-electron chi connectivity index (χ1n) is 8.90. The highest BCUT2D eigenvalue weighted by Crippen LogP contribution is 2.32. The van der Waals surface area contributed by atoms with Crippen LogP contribution in [0.2, 0.25) is 0 Å². The second-order valence-electron chi connectivity index (χ2n) is 7.05. The number of hydrogen-bond acceptors (Lipinski definition) is 3. The molecular weight excluding hydrogens is 302 g/mol. The summed E-state index contributed by atoms with van der Waals surface area (Å²) in [6.45, 7) is 5.17. The smallest absolute Gasteiger partial charge is 0.225 e. The van der Waals surface area contributed by atoms with Gasteiger partial charge in [-0.15, -0.1) is 0 Å². The summed E-state index contributed by atoms with van der Waals surface area (Å²) in [7, 11) is 2.09. The highest BCUT2D eigenvalue weighted by molar-refractivity contribution is 5.89. The molecule has 0 bridgehead atoms. The van der Waals surface area contributed by atoms with Gasteiger partial charge in [0, 0.05) is 32.1 Å². The minimum atomic E-state index is -0.187. The molecular formula is C19H27N3O2. The molecule has 0 spiro atoms. The van der Waals surface area contributed by atoms with Gasteiger partial charge in [0.1, 0.15) is 0 Å². The van der Waals surface area contributed by atoms with E-state index in [1.165, 1.54) is 5.56 Å². The predicted octanol–water partition coefficient (Wildman–Crippen LogP) is 1.77. The van der Waals surface area contributed by atoms with Crippen molar-refractivity contribution in [3.63, 3.8) is 0 Å². The van der Waals surface area contributed by atoms with Crippen LogP contribution >= 0.6 is 0 Å². The fourth-order valence-electron chi connectivity index (χ4n) is 3.24. The highest BCUT2D eigenvalue weighted by atomic mass is 16.2. The molecule has 130 valence electrons. The van der Waals surface area contributed by atoms with Gasteiger partial charge >= 0.3 is 0 Å². The number of amides is 2. The summed E-state index contributed by atoms with van der Waals surface area (Å²) in [5, 5.41) is 3.00. The Balaban J connectivity index is 1.51. The van der Waals surface area contributed by atoms with Crippen molar-refractivity contribution >= 4 is 11.8 Å². The Kier molecular flexibility index (Phi) is 5.19. The highest BCUT2D eigenvalue weighted by Gasteiger charge is 2.41. The normalized spacial score (nSPS) is 20.7. The third kappa shape index (κ3) is 4.15. The Labute approximate surface area is 144 Å². The maximum absolute atomic E-state index is 12.4. The molecule has 1 saturated heterocycles. The number of rotatable bonds is 7. The number of carbonyl (C=O) groups excluding carboxylic acids is 2. The van der Waals surface area contributed by atoms with Gasteiger partial charge in [0.15, 0.2) is 0 Å². The molecule has 3 rings (SSSR count). The van der Waals surface area contributed by atoms with Gasteiger partial charge < -0.3 is 15.1 Å². The van der Waals surface area contributed by atoms with Crippen molar-refractivity contribution < 1.29 is 9.59 Å². The van der Waals surface area contributed by atoms with Crippen molar-refractivity contribution in [2.75, 3.05) is 20.1 Å². The zero-order valence-corrected chi connectivity index (χ0v) is 14.6. The molecule has 5 nitrogen and oxygen atoms in total. The second kappa shape index (κ2) is 7.34. The first kappa shape index (κ1) is 17.0. The van der Waals surface area contributed by atoms with Gasteiger partial charge in [-0.05, 0) is 37.6 Å². The largest absolute Gasteiger partial charge is 0.352 e. The molecule has 2 fully saturated rings. The summed E-state index contributed by atoms with van der Waals surface area (Å²) in [5.41, 5.74) is 2.36. The Morgan fingerprint density at radius 1 is 1.33 bits per heavy atom. The number of carbonyl (C=O) groups is 2. The van der Waals surface area contributed by atoms with E-state index in [9.17, 15) is 9.59 Å². The van der Waals surface area contributed by atoms with E-state index in [2.05, 4.69) is 36.3 Å². The lowest BCUT2D eigenvalue weighted by Crippen LogP contribution is -2.33. The van der Waals surface area contributed by atoms with Crippen molar-refractivity contribution in [1.29, 1.82) is 0 Å². The van der Waals surface area contributed by atoms with Crippen LogP contribution in [0.4, 0.5) is 0 Å². The van der Waals surface area contributed by atoms with Gasteiger partial charge in [-0.3, -0.25) is 9.59 Å². The molecule has 1 heterocycles. The number of hydrogen-bond donors (Lipinski definition) is 1. The Morgan fingerprint density at radius 2 is 2.08 bits per heavy atom. The summed E-state index contributed by atoms with van der Waals surface area (Å²) < 4.78 is 0. The number of benzene rings is 1. The average molecular weight is 329 g/mol. The monoisotopic (exact) mass is 329 g/mol. The van der Waals surface area contributed by atoms with E-state index in [1.54, 1.807) is 0 Å². The van der Waals surface area contributed by atoms with E-state index in [1.807, 2.05) is 17.0 Å². The zero-order valence-electron chi connectivity index (χ0n) is 14.6. The van der Waals surface area contributed by atoms with E-state index in [0.29, 0.717) is 25.6 Å². The van der Waals surface area contributed by atoms with Crippen LogP contribution in [0.1, 0.15) is 37.3 Å². The molecule has 1 aromatic rings. The molecule has 1 aliphatic heterocycles. The molecule has 1 saturated carbocycles. The van der Waals surface area contributed by atoms with Crippen LogP contribution in [0.25, 0.3) is 0 Å². The SMILES string of the molecule is CCN(C)Cc1cccc(CNC(=O)[C@@H]2CC(=O)N(C3CC3)C2)c1. The fourth-order valence-corrected chi connectivity index (χ4v) is 3.24. The molecule has 24 heavy (non-hydrogen) atoms. The zero-order chi connectivity index (χ0) is 17.1. The van der Waals surface area contributed by atoms with Gasteiger partial charge in [0.05, 0.1) is 5.92 Å². The number of likely N-dealkylation sites (tertiary alicyclic amines) is 1. The average Bonchev–Trinajstić information content (AvgIpc) is 3.35. The van der Waals surface area contributed by atoms with Crippen molar-refractivity contribution in [1.82, 2.24) is 15.1 Å². The van der Waals surface area contributed by atoms with Crippen molar-refractivity contribution in [3.8, 4) is 0 Å². The van der Waals surface area contributed by atoms with Crippen LogP contribution in [0.3, 0.4) is 0 Å². The summed E-state index contributed by atoms with van der Waals surface area (Å²) in [5.74, 6) is -0.0441. The van der Waals surface area contributed by atoms with E-state index in [4.69, 9.17) is 0 Å². The molecule has 1 N–H and O–H groups in total. The summed E-state index contributed by atoms with van der Waals surface area (Å²) >= 11 is 0. The summed E-state index contributed by atoms with van der Waals surface area (Å²) in [6, 6.07) is 8.73. The van der Waals surface area contributed by atoms with Crippen LogP contribution in [0.5, 0.6) is 0 Å². The molecule has 5 heteroatoms. The van der Waals surface area contributed by atoms with Gasteiger partial charge in [0.25, 0.3) is 0 Å². The minimum Gasteiger partial charge on any atom is -0.352 e. The van der Waals surface area contributed by atoms with Crippen molar-refractivity contribution in [2.45, 2.75) is 45.3 Å². The van der Waals surface area contributed by atoms with E-state index in [-0.39, 0.29) is 17.7 Å². The third-order valence-corrected chi connectivity index (χ3v) is 4.97. The third-order valence-electron chi connectivity index (χ3n) is 4.97. The molecule has 0 unspecified atom stereocenters. The van der Waals surface area contributed by atoms with Crippen LogP contribution in [0.15, 0.2) is 24.3 Å². The first-order valence-corrected chi connectivity index (χ1v) is 8.90. The molecule has 2 amide bonds. The lowest BCUT2D eigenvalue weighted by Gasteiger charge is -2.16. The predicted molar refractivity (Wildman–Crippen MR) is 93.1 cm³/mol. The Bertz CT molecular complexity index is 612. The maximum Gasteiger partial charge on any atom is 0.225 e. The Hall–Kier alpha value is -1.88. The first-order chi connectivity index (χ1) is 11.6. The van der Waals surface area contributed by atoms with Crippen LogP contribution in [-0.4, -0.2) is 47.8 Å². The molecule has 0 radical (unpaired) electrons. The van der Waals surface area contributed by atoms with Crippen molar-refractivity contribution in [2.24, 2.45) is 5.92 Å². The van der Waals surface area contributed by atoms with Gasteiger partial charge in [0.2, 0.25) is 11.8 Å². The summed E-state index contributed by atoms with van der Waals surface area (Å²) in [4.78, 5) is 28.5. The van der Waals surface area contributed by atoms with Crippen molar-refractivity contribution in [3.05, 3.63) is 35.4 Å². The number of nitrogens with one attached hydrogen (secondary N) is 1. The molecule has 2 aliphatic rings. The summed E-state index contributed by atoms with van der Waals surface area (Å²) in [6.07, 6.45) is 2.56. The molecule has 1 aliphatic carbocycles. The van der Waals surface area contributed by atoms with Crippen LogP contribution in [0, 0.1) is 5.92 Å². The maximum atomic E-state index is 12.4. The van der Waals surface area contributed by atoms with Gasteiger partial charge in [-0.2, -0.15) is 0 Å². The van der Waals surface area contributed by atoms with Crippen LogP contribution in [-0.2, 0) is 22.7 Å². The molecule has 1 aromatic carbocycles.